The van der Waals surface area contributed by atoms with E-state index < -0.39 is 6.04 Å². The molecule has 2 heterocycles. The van der Waals surface area contributed by atoms with Crippen LogP contribution in [0.1, 0.15) is 44.9 Å². The van der Waals surface area contributed by atoms with Crippen LogP contribution in [0.5, 0.6) is 0 Å². The summed E-state index contributed by atoms with van der Waals surface area (Å²) in [5, 5.41) is 3.19. The smallest absolute Gasteiger partial charge is 0.246 e. The maximum absolute atomic E-state index is 13.2. The minimum atomic E-state index is -0.626. The van der Waals surface area contributed by atoms with E-state index in [4.69, 9.17) is 0 Å². The predicted molar refractivity (Wildman–Crippen MR) is 115 cm³/mol. The average Bonchev–Trinajstić information content (AvgIpc) is 2.95. The zero-order valence-corrected chi connectivity index (χ0v) is 18.7. The summed E-state index contributed by atoms with van der Waals surface area (Å²) in [7, 11) is 1.97. The molecule has 0 aromatic rings. The molecule has 8 heteroatoms. The highest BCUT2D eigenvalue weighted by Gasteiger charge is 2.52. The molecule has 160 valence electrons. The van der Waals surface area contributed by atoms with Gasteiger partial charge in [-0.25, -0.2) is 0 Å². The first-order valence-corrected chi connectivity index (χ1v) is 11.8. The second-order valence-corrected chi connectivity index (χ2v) is 9.09. The fourth-order valence-corrected chi connectivity index (χ4v) is 5.52. The Labute approximate surface area is 178 Å². The topological polar surface area (TPSA) is 69.7 Å². The number of halogens is 1. The summed E-state index contributed by atoms with van der Waals surface area (Å²) in [6, 6.07) is -0.626. The van der Waals surface area contributed by atoms with Crippen molar-refractivity contribution in [2.75, 3.05) is 38.7 Å². The minimum absolute atomic E-state index is 0. The highest BCUT2D eigenvalue weighted by molar-refractivity contribution is 7.98. The van der Waals surface area contributed by atoms with Crippen molar-refractivity contribution in [2.24, 2.45) is 17.8 Å². The molecule has 2 saturated heterocycles. The quantitative estimate of drug-likeness (QED) is 0.625. The molecule has 3 aliphatic rings. The summed E-state index contributed by atoms with van der Waals surface area (Å²) >= 11 is 1.54. The van der Waals surface area contributed by atoms with Crippen LogP contribution in [0.4, 0.5) is 0 Å². The summed E-state index contributed by atoms with van der Waals surface area (Å²) in [5.74, 6) is 0.554. The van der Waals surface area contributed by atoms with Crippen molar-refractivity contribution in [1.82, 2.24) is 15.1 Å². The maximum atomic E-state index is 13.2. The van der Waals surface area contributed by atoms with Crippen LogP contribution in [0.3, 0.4) is 0 Å². The largest absolute Gasteiger partial charge is 0.341 e. The van der Waals surface area contributed by atoms with Gasteiger partial charge in [-0.05, 0) is 57.9 Å². The predicted octanol–water partition coefficient (Wildman–Crippen LogP) is 2.16. The molecule has 3 atom stereocenters. The second-order valence-electron chi connectivity index (χ2n) is 8.18. The summed E-state index contributed by atoms with van der Waals surface area (Å²) in [6.07, 6.45) is 8.69. The lowest BCUT2D eigenvalue weighted by atomic mass is 9.81. The Morgan fingerprint density at radius 1 is 1.11 bits per heavy atom. The van der Waals surface area contributed by atoms with E-state index in [1.54, 1.807) is 0 Å². The molecule has 3 amide bonds. The van der Waals surface area contributed by atoms with E-state index in [-0.39, 0.29) is 42.0 Å². The molecule has 3 unspecified atom stereocenters. The number of nitrogens with zero attached hydrogens (tertiary/aromatic N) is 2. The standard InChI is InChI=1S/C20H33N3O3S.ClH/c1-21-10-7-14-8-11-22(12-9-14)20(26)17(13-27-2)23-18(24)15-5-3-4-6-16(15)19(23)25;/h14-17,21H,3-13H2,1-2H3;1H. The van der Waals surface area contributed by atoms with Crippen LogP contribution < -0.4 is 5.32 Å². The van der Waals surface area contributed by atoms with Gasteiger partial charge in [0, 0.05) is 18.8 Å². The van der Waals surface area contributed by atoms with Gasteiger partial charge in [0.25, 0.3) is 0 Å². The Bertz CT molecular complexity index is 545. The van der Waals surface area contributed by atoms with Crippen LogP contribution in [-0.2, 0) is 14.4 Å². The number of nitrogens with one attached hydrogen (secondary N) is 1. The first-order valence-electron chi connectivity index (χ1n) is 10.4. The number of carbonyl (C=O) groups is 3. The first-order chi connectivity index (χ1) is 13.1. The van der Waals surface area contributed by atoms with Crippen molar-refractivity contribution >= 4 is 41.9 Å². The fraction of sp³-hybridized carbons (Fsp3) is 0.850. The number of thioether (sulfide) groups is 1. The number of imide groups is 1. The van der Waals surface area contributed by atoms with Crippen molar-refractivity contribution in [3.05, 3.63) is 0 Å². The highest BCUT2D eigenvalue weighted by Crippen LogP contribution is 2.39. The molecule has 6 nitrogen and oxygen atoms in total. The van der Waals surface area contributed by atoms with Gasteiger partial charge in [-0.15, -0.1) is 12.4 Å². The highest BCUT2D eigenvalue weighted by atomic mass is 35.5. The van der Waals surface area contributed by atoms with Gasteiger partial charge in [0.1, 0.15) is 6.04 Å². The molecule has 1 saturated carbocycles. The Kier molecular flexibility index (Phi) is 9.09. The third-order valence-electron chi connectivity index (χ3n) is 6.53. The summed E-state index contributed by atoms with van der Waals surface area (Å²) < 4.78 is 0. The summed E-state index contributed by atoms with van der Waals surface area (Å²) in [5.41, 5.74) is 0. The molecule has 0 radical (unpaired) electrons. The molecule has 0 aromatic carbocycles. The van der Waals surface area contributed by atoms with Crippen molar-refractivity contribution in [3.8, 4) is 0 Å². The zero-order valence-electron chi connectivity index (χ0n) is 17.0. The summed E-state index contributed by atoms with van der Waals surface area (Å²) in [4.78, 5) is 42.4. The number of hydrogen-bond acceptors (Lipinski definition) is 5. The molecule has 0 spiro atoms. The molecule has 2 aliphatic heterocycles. The number of hydrogen-bond donors (Lipinski definition) is 1. The van der Waals surface area contributed by atoms with Crippen molar-refractivity contribution in [1.29, 1.82) is 0 Å². The SMILES string of the molecule is CNCCC1CCN(C(=O)C(CSC)N2C(=O)C3CCCCC3C2=O)CC1.Cl. The lowest BCUT2D eigenvalue weighted by Gasteiger charge is -2.36. The van der Waals surface area contributed by atoms with E-state index in [1.807, 2.05) is 18.2 Å². The van der Waals surface area contributed by atoms with Gasteiger partial charge < -0.3 is 10.2 Å². The van der Waals surface area contributed by atoms with Crippen molar-refractivity contribution < 1.29 is 14.4 Å². The third-order valence-corrected chi connectivity index (χ3v) is 7.17. The lowest BCUT2D eigenvalue weighted by molar-refractivity contribution is -0.151. The van der Waals surface area contributed by atoms with E-state index in [0.29, 0.717) is 11.7 Å². The monoisotopic (exact) mass is 431 g/mol. The molecular formula is C20H34ClN3O3S. The number of fused-ring (bicyclic) bond motifs is 1. The number of rotatable bonds is 7. The van der Waals surface area contributed by atoms with Gasteiger partial charge in [-0.1, -0.05) is 12.8 Å². The maximum Gasteiger partial charge on any atom is 0.246 e. The molecule has 1 N–H and O–H groups in total. The van der Waals surface area contributed by atoms with E-state index >= 15 is 0 Å². The van der Waals surface area contributed by atoms with Crippen molar-refractivity contribution in [2.45, 2.75) is 51.0 Å². The van der Waals surface area contributed by atoms with Crippen molar-refractivity contribution in [3.63, 3.8) is 0 Å². The van der Waals surface area contributed by atoms with E-state index in [1.165, 1.54) is 16.7 Å². The van der Waals surface area contributed by atoms with E-state index in [2.05, 4.69) is 5.32 Å². The minimum Gasteiger partial charge on any atom is -0.341 e. The summed E-state index contributed by atoms with van der Waals surface area (Å²) in [6.45, 7) is 2.48. The molecule has 3 fully saturated rings. The van der Waals surface area contributed by atoms with Crippen LogP contribution in [0.25, 0.3) is 0 Å². The van der Waals surface area contributed by atoms with E-state index in [0.717, 1.165) is 64.6 Å². The third kappa shape index (κ3) is 4.85. The molecule has 3 rings (SSSR count). The Morgan fingerprint density at radius 3 is 2.18 bits per heavy atom. The van der Waals surface area contributed by atoms with Crippen LogP contribution in [0.15, 0.2) is 0 Å². The molecular weight excluding hydrogens is 398 g/mol. The normalized spacial score (nSPS) is 26.8. The Balaban J connectivity index is 0.00000280. The second kappa shape index (κ2) is 10.8. The van der Waals surface area contributed by atoms with Gasteiger partial charge in [-0.3, -0.25) is 19.3 Å². The average molecular weight is 432 g/mol. The Hall–Kier alpha value is -0.790. The molecule has 28 heavy (non-hydrogen) atoms. The van der Waals surface area contributed by atoms with Gasteiger partial charge in [-0.2, -0.15) is 11.8 Å². The Morgan fingerprint density at radius 2 is 1.68 bits per heavy atom. The zero-order chi connectivity index (χ0) is 19.4. The number of carbonyl (C=O) groups excluding carboxylic acids is 3. The molecule has 0 aromatic heterocycles. The van der Waals surface area contributed by atoms with E-state index in [9.17, 15) is 14.4 Å². The van der Waals surface area contributed by atoms with Crippen LogP contribution in [0.2, 0.25) is 0 Å². The molecule has 1 aliphatic carbocycles. The number of likely N-dealkylation sites (tertiary alicyclic amines) is 2. The van der Waals surface area contributed by atoms with Crippen LogP contribution >= 0.6 is 24.2 Å². The first kappa shape index (κ1) is 23.5. The van der Waals surface area contributed by atoms with Gasteiger partial charge >= 0.3 is 0 Å². The van der Waals surface area contributed by atoms with Crippen LogP contribution in [0, 0.1) is 17.8 Å². The fourth-order valence-electron chi connectivity index (χ4n) is 4.91. The van der Waals surface area contributed by atoms with Crippen LogP contribution in [-0.4, -0.2) is 72.3 Å². The number of piperidine rings is 1. The van der Waals surface area contributed by atoms with Gasteiger partial charge in [0.05, 0.1) is 11.8 Å². The number of amides is 3. The van der Waals surface area contributed by atoms with Gasteiger partial charge in [0.15, 0.2) is 0 Å². The lowest BCUT2D eigenvalue weighted by Crippen LogP contribution is -2.54. The van der Waals surface area contributed by atoms with Gasteiger partial charge in [0.2, 0.25) is 17.7 Å². The molecule has 0 bridgehead atoms.